The Hall–Kier alpha value is -4.81. The summed E-state index contributed by atoms with van der Waals surface area (Å²) in [5.74, 6) is -6.43. The Morgan fingerprint density at radius 3 is 2.37 bits per heavy atom. The predicted molar refractivity (Wildman–Crippen MR) is 161 cm³/mol. The average Bonchev–Trinajstić information content (AvgIpc) is 3.80. The van der Waals surface area contributed by atoms with Gasteiger partial charge >= 0.3 is 0 Å². The Morgan fingerprint density at radius 1 is 1.00 bits per heavy atom. The molecule has 0 bridgehead atoms. The zero-order chi connectivity index (χ0) is 33.0. The summed E-state index contributed by atoms with van der Waals surface area (Å²) in [6, 6.07) is 14.0. The number of amides is 1. The van der Waals surface area contributed by atoms with E-state index in [1.54, 1.807) is 36.4 Å². The molecule has 0 saturated heterocycles. The van der Waals surface area contributed by atoms with E-state index in [1.807, 2.05) is 10.9 Å². The second-order valence-electron chi connectivity index (χ2n) is 11.9. The lowest BCUT2D eigenvalue weighted by atomic mass is 9.86. The van der Waals surface area contributed by atoms with Gasteiger partial charge in [-0.05, 0) is 62.6 Å². The van der Waals surface area contributed by atoms with Crippen LogP contribution < -0.4 is 10.1 Å². The fraction of sp³-hybridized carbons (Fsp3) is 0.265. The molecular formula is C34H30F4N4O4. The third-order valence-corrected chi connectivity index (χ3v) is 8.08. The van der Waals surface area contributed by atoms with Crippen molar-refractivity contribution in [2.45, 2.75) is 43.9 Å². The van der Waals surface area contributed by atoms with Gasteiger partial charge in [0.05, 0.1) is 31.0 Å². The lowest BCUT2D eigenvalue weighted by molar-refractivity contribution is 0.0625. The van der Waals surface area contributed by atoms with Gasteiger partial charge in [0.2, 0.25) is 0 Å². The Labute approximate surface area is 261 Å². The van der Waals surface area contributed by atoms with Crippen molar-refractivity contribution in [1.29, 1.82) is 0 Å². The number of hydrogen-bond donors (Lipinski definition) is 3. The lowest BCUT2D eigenvalue weighted by Crippen LogP contribution is -2.42. The number of aromatic nitrogens is 3. The maximum atomic E-state index is 15.9. The second-order valence-corrected chi connectivity index (χ2v) is 11.9. The highest BCUT2D eigenvalue weighted by molar-refractivity contribution is 6.00. The van der Waals surface area contributed by atoms with Crippen molar-refractivity contribution in [2.24, 2.45) is 0 Å². The van der Waals surface area contributed by atoms with Crippen LogP contribution in [0.5, 0.6) is 5.75 Å². The van der Waals surface area contributed by atoms with E-state index in [0.29, 0.717) is 28.8 Å². The van der Waals surface area contributed by atoms with Gasteiger partial charge in [-0.3, -0.25) is 9.48 Å². The van der Waals surface area contributed by atoms with Crippen LogP contribution in [-0.2, 0) is 11.2 Å². The van der Waals surface area contributed by atoms with Crippen molar-refractivity contribution in [1.82, 2.24) is 20.1 Å². The molecule has 1 aliphatic rings. The molecule has 2 heterocycles. The number of aliphatic hydroxyl groups is 2. The van der Waals surface area contributed by atoms with Gasteiger partial charge in [-0.1, -0.05) is 30.3 Å². The zero-order valence-corrected chi connectivity index (χ0v) is 25.1. The molecule has 0 aliphatic heterocycles. The van der Waals surface area contributed by atoms with Crippen LogP contribution in [0.15, 0.2) is 66.9 Å². The van der Waals surface area contributed by atoms with Gasteiger partial charge in [-0.25, -0.2) is 22.5 Å². The van der Waals surface area contributed by atoms with Gasteiger partial charge in [0.25, 0.3) is 5.91 Å². The number of methoxy groups -OCH3 is 1. The van der Waals surface area contributed by atoms with Crippen molar-refractivity contribution < 1.29 is 37.3 Å². The molecule has 3 aromatic carbocycles. The molecule has 0 unspecified atom stereocenters. The largest absolute Gasteiger partial charge is 0.494 e. The first-order valence-electron chi connectivity index (χ1n) is 14.5. The number of carbonyl (C=O) groups excluding carboxylic acids is 1. The third kappa shape index (κ3) is 5.58. The maximum absolute atomic E-state index is 15.9. The zero-order valence-electron chi connectivity index (χ0n) is 25.1. The van der Waals surface area contributed by atoms with Crippen LogP contribution in [0.2, 0.25) is 0 Å². The number of benzene rings is 3. The summed E-state index contributed by atoms with van der Waals surface area (Å²) in [5.41, 5.74) is -5.24. The number of fused-ring (bicyclic) bond motifs is 1. The topological polar surface area (TPSA) is 110 Å². The molecule has 1 atom stereocenters. The van der Waals surface area contributed by atoms with E-state index in [-0.39, 0.29) is 16.8 Å². The maximum Gasteiger partial charge on any atom is 0.251 e. The highest BCUT2D eigenvalue weighted by atomic mass is 19.2. The van der Waals surface area contributed by atoms with Crippen LogP contribution in [0.25, 0.3) is 22.2 Å². The third-order valence-electron chi connectivity index (χ3n) is 8.08. The van der Waals surface area contributed by atoms with Crippen LogP contribution in [0.3, 0.4) is 0 Å². The average molecular weight is 635 g/mol. The van der Waals surface area contributed by atoms with Gasteiger partial charge in [0.1, 0.15) is 22.6 Å². The van der Waals surface area contributed by atoms with Gasteiger partial charge < -0.3 is 20.3 Å². The molecule has 0 spiro atoms. The SMILES string of the molecule is COc1cc(C(=O)NC[C@@](O)(c2ccccc2)c2cc(C(C)(C)O)c(F)c(-c3ccc(F)c(F)c3F)n2)cc2cn(C3CC3)nc12. The number of hydrogen-bond acceptors (Lipinski definition) is 6. The highest BCUT2D eigenvalue weighted by Crippen LogP contribution is 2.38. The van der Waals surface area contributed by atoms with E-state index >= 15 is 4.39 Å². The summed E-state index contributed by atoms with van der Waals surface area (Å²) in [7, 11) is 1.47. The summed E-state index contributed by atoms with van der Waals surface area (Å²) in [6.45, 7) is 2.01. The fourth-order valence-corrected chi connectivity index (χ4v) is 5.37. The van der Waals surface area contributed by atoms with Crippen molar-refractivity contribution in [3.8, 4) is 17.0 Å². The number of nitrogens with zero attached hydrogens (tertiary/aromatic N) is 3. The Bertz CT molecular complexity index is 1970. The van der Waals surface area contributed by atoms with Crippen LogP contribution in [0.4, 0.5) is 17.6 Å². The summed E-state index contributed by atoms with van der Waals surface area (Å²) < 4.78 is 66.2. The van der Waals surface area contributed by atoms with E-state index < -0.39 is 63.7 Å². The molecule has 1 fully saturated rings. The van der Waals surface area contributed by atoms with E-state index in [4.69, 9.17) is 4.74 Å². The van der Waals surface area contributed by atoms with Crippen molar-refractivity contribution >= 4 is 16.8 Å². The van der Waals surface area contributed by atoms with Gasteiger partial charge in [0, 0.05) is 28.3 Å². The van der Waals surface area contributed by atoms with Gasteiger partial charge in [-0.15, -0.1) is 0 Å². The number of halogens is 4. The highest BCUT2D eigenvalue weighted by Gasteiger charge is 2.38. The number of pyridine rings is 1. The Kier molecular flexibility index (Phi) is 7.81. The number of carbonyl (C=O) groups is 1. The minimum atomic E-state index is -2.18. The summed E-state index contributed by atoms with van der Waals surface area (Å²) in [6.07, 6.45) is 3.86. The first-order valence-corrected chi connectivity index (χ1v) is 14.5. The second kappa shape index (κ2) is 11.5. The van der Waals surface area contributed by atoms with E-state index in [1.165, 1.54) is 27.0 Å². The molecular weight excluding hydrogens is 604 g/mol. The van der Waals surface area contributed by atoms with Crippen LogP contribution in [0, 0.1) is 23.3 Å². The van der Waals surface area contributed by atoms with Crippen LogP contribution in [-0.4, -0.2) is 44.5 Å². The van der Waals surface area contributed by atoms with E-state index in [2.05, 4.69) is 15.4 Å². The molecule has 1 aliphatic carbocycles. The quantitative estimate of drug-likeness (QED) is 0.138. The monoisotopic (exact) mass is 634 g/mol. The smallest absolute Gasteiger partial charge is 0.251 e. The Balaban J connectivity index is 1.44. The Morgan fingerprint density at radius 2 is 1.72 bits per heavy atom. The molecule has 2 aromatic heterocycles. The van der Waals surface area contributed by atoms with Crippen LogP contribution >= 0.6 is 0 Å². The molecule has 46 heavy (non-hydrogen) atoms. The standard InChI is InChI=1S/C34H30F4N4O4/c1-33(2,44)23-15-26(40-31(28(23)37)22-11-12-24(35)29(38)27(22)36)34(45,20-7-5-4-6-8-20)17-39-32(43)18-13-19-16-42(21-9-10-21)41-30(19)25(14-18)46-3/h4-8,11-16,21,44-45H,9-10,17H2,1-3H3,(H,39,43)/t34-/m1/s1. The number of rotatable bonds is 9. The minimum absolute atomic E-state index is 0.212. The molecule has 6 rings (SSSR count). The number of ether oxygens (including phenoxy) is 1. The molecule has 1 saturated carbocycles. The first-order chi connectivity index (χ1) is 21.8. The first kappa shape index (κ1) is 31.2. The van der Waals surface area contributed by atoms with E-state index in [9.17, 15) is 28.2 Å². The normalized spacial score (nSPS) is 14.7. The molecule has 238 valence electrons. The van der Waals surface area contributed by atoms with Crippen molar-refractivity contribution in [3.05, 3.63) is 113 Å². The van der Waals surface area contributed by atoms with Gasteiger partial charge in [-0.2, -0.15) is 5.10 Å². The molecule has 0 radical (unpaired) electrons. The summed E-state index contributed by atoms with van der Waals surface area (Å²) in [5, 5.41) is 31.1. The summed E-state index contributed by atoms with van der Waals surface area (Å²) in [4.78, 5) is 17.7. The minimum Gasteiger partial charge on any atom is -0.494 e. The molecule has 1 amide bonds. The van der Waals surface area contributed by atoms with E-state index in [0.717, 1.165) is 25.0 Å². The number of nitrogens with one attached hydrogen (secondary N) is 1. The summed E-state index contributed by atoms with van der Waals surface area (Å²) >= 11 is 0. The van der Waals surface area contributed by atoms with Crippen molar-refractivity contribution in [2.75, 3.05) is 13.7 Å². The van der Waals surface area contributed by atoms with Crippen LogP contribution in [0.1, 0.15) is 59.9 Å². The predicted octanol–water partition coefficient (Wildman–Crippen LogP) is 5.89. The molecule has 5 aromatic rings. The molecule has 3 N–H and O–H groups in total. The lowest BCUT2D eigenvalue weighted by Gasteiger charge is -2.31. The fourth-order valence-electron chi connectivity index (χ4n) is 5.37. The molecule has 8 nitrogen and oxygen atoms in total. The van der Waals surface area contributed by atoms with Crippen molar-refractivity contribution in [3.63, 3.8) is 0 Å². The van der Waals surface area contributed by atoms with Gasteiger partial charge in [0.15, 0.2) is 23.3 Å². The molecule has 12 heteroatoms.